The number of aryl methyl sites for hydroxylation is 4. The van der Waals surface area contributed by atoms with Gasteiger partial charge in [-0.15, -0.1) is 0 Å². The molecule has 4 rings (SSSR count). The molecule has 0 radical (unpaired) electrons. The molecule has 2 aromatic carbocycles. The maximum atomic E-state index is 12.6. The van der Waals surface area contributed by atoms with Crippen LogP contribution in [0.25, 0.3) is 0 Å². The summed E-state index contributed by atoms with van der Waals surface area (Å²) in [6.07, 6.45) is 0. The van der Waals surface area contributed by atoms with Crippen LogP contribution in [0.1, 0.15) is 22.3 Å². The molecule has 8 heteroatoms. The summed E-state index contributed by atoms with van der Waals surface area (Å²) in [6.45, 7) is 8.08. The zero-order valence-electron chi connectivity index (χ0n) is 18.2. The van der Waals surface area contributed by atoms with Crippen LogP contribution < -0.4 is 10.2 Å². The highest BCUT2D eigenvalue weighted by Gasteiger charge is 2.47. The first kappa shape index (κ1) is 21.9. The van der Waals surface area contributed by atoms with Crippen molar-refractivity contribution in [3.05, 3.63) is 58.7 Å². The lowest BCUT2D eigenvalue weighted by atomic mass is 10.1. The summed E-state index contributed by atoms with van der Waals surface area (Å²) >= 11 is 1.36. The Bertz CT molecular complexity index is 1170. The van der Waals surface area contributed by atoms with Gasteiger partial charge < -0.3 is 10.2 Å². The van der Waals surface area contributed by atoms with Gasteiger partial charge in [-0.05, 0) is 62.6 Å². The van der Waals surface area contributed by atoms with Crippen molar-refractivity contribution in [3.8, 4) is 0 Å². The van der Waals surface area contributed by atoms with Crippen LogP contribution in [-0.2, 0) is 14.6 Å². The number of aliphatic imine (C=N–C) groups is 1. The maximum absolute atomic E-state index is 12.6. The monoisotopic (exact) mass is 457 g/mol. The third-order valence-electron chi connectivity index (χ3n) is 5.86. The lowest BCUT2D eigenvalue weighted by molar-refractivity contribution is -0.113. The van der Waals surface area contributed by atoms with Crippen molar-refractivity contribution in [1.82, 2.24) is 0 Å². The minimum atomic E-state index is -3.11. The summed E-state index contributed by atoms with van der Waals surface area (Å²) in [7, 11) is -3.11. The quantitative estimate of drug-likeness (QED) is 0.758. The van der Waals surface area contributed by atoms with Crippen LogP contribution in [0.2, 0.25) is 0 Å². The molecule has 0 aliphatic carbocycles. The summed E-state index contributed by atoms with van der Waals surface area (Å²) < 4.78 is 24.4. The third-order valence-corrected chi connectivity index (χ3v) is 8.53. The van der Waals surface area contributed by atoms with Crippen molar-refractivity contribution in [2.24, 2.45) is 4.99 Å². The van der Waals surface area contributed by atoms with E-state index in [1.807, 2.05) is 62.9 Å². The van der Waals surface area contributed by atoms with Gasteiger partial charge in [-0.2, -0.15) is 0 Å². The number of amidine groups is 1. The van der Waals surface area contributed by atoms with Gasteiger partial charge in [0.2, 0.25) is 5.91 Å². The number of carbonyl (C=O) groups excluding carboxylic acids is 1. The largest absolute Gasteiger partial charge is 0.325 e. The molecular formula is C23H27N3O3S2. The standard InChI is InChI=1S/C23H27N3O3S2/c1-14-5-8-19(17(4)9-14)24-22(27)11-30-23-25-20-12-31(28,29)13-21(20)26(23)18-7-6-15(2)16(3)10-18/h5-10,20-21H,11-13H2,1-4H3,(H,24,27)/t20-,21+/m0/s1. The normalized spacial score (nSPS) is 21.7. The number of fused-ring (bicyclic) bond motifs is 1. The average Bonchev–Trinajstić information content (AvgIpc) is 3.15. The molecule has 2 heterocycles. The Labute approximate surface area is 188 Å². The van der Waals surface area contributed by atoms with Crippen molar-refractivity contribution in [2.45, 2.75) is 39.8 Å². The van der Waals surface area contributed by atoms with Crippen LogP contribution in [0.3, 0.4) is 0 Å². The van der Waals surface area contributed by atoms with Gasteiger partial charge in [-0.25, -0.2) is 8.42 Å². The van der Waals surface area contributed by atoms with Gasteiger partial charge in [0.15, 0.2) is 15.0 Å². The van der Waals surface area contributed by atoms with E-state index in [1.165, 1.54) is 17.3 Å². The molecule has 6 nitrogen and oxygen atoms in total. The number of carbonyl (C=O) groups is 1. The maximum Gasteiger partial charge on any atom is 0.234 e. The number of hydrogen-bond acceptors (Lipinski definition) is 6. The fraction of sp³-hybridized carbons (Fsp3) is 0.391. The lowest BCUT2D eigenvalue weighted by Gasteiger charge is -2.27. The van der Waals surface area contributed by atoms with Crippen LogP contribution in [-0.4, -0.2) is 48.8 Å². The molecule has 1 fully saturated rings. The summed E-state index contributed by atoms with van der Waals surface area (Å²) in [5, 5.41) is 3.68. The molecule has 0 bridgehead atoms. The molecule has 164 valence electrons. The number of benzene rings is 2. The first-order chi connectivity index (χ1) is 14.6. The zero-order valence-corrected chi connectivity index (χ0v) is 19.8. The van der Waals surface area contributed by atoms with E-state index in [9.17, 15) is 13.2 Å². The molecule has 1 N–H and O–H groups in total. The fourth-order valence-electron chi connectivity index (χ4n) is 4.08. The Hall–Kier alpha value is -2.32. The summed E-state index contributed by atoms with van der Waals surface area (Å²) in [6, 6.07) is 11.5. The fourth-order valence-corrected chi connectivity index (χ4v) is 6.85. The number of hydrogen-bond donors (Lipinski definition) is 1. The van der Waals surface area contributed by atoms with Gasteiger partial charge >= 0.3 is 0 Å². The lowest BCUT2D eigenvalue weighted by Crippen LogP contribution is -2.39. The highest BCUT2D eigenvalue weighted by Crippen LogP contribution is 2.35. The van der Waals surface area contributed by atoms with Crippen LogP contribution in [0.5, 0.6) is 0 Å². The van der Waals surface area contributed by atoms with Gasteiger partial charge in [-0.1, -0.05) is 35.5 Å². The van der Waals surface area contributed by atoms with Crippen molar-refractivity contribution in [1.29, 1.82) is 0 Å². The van der Waals surface area contributed by atoms with Gasteiger partial charge in [0, 0.05) is 11.4 Å². The second kappa shape index (κ2) is 8.31. The molecular weight excluding hydrogens is 430 g/mol. The smallest absolute Gasteiger partial charge is 0.234 e. The Balaban J connectivity index is 1.52. The first-order valence-corrected chi connectivity index (χ1v) is 13.1. The Kier molecular flexibility index (Phi) is 5.87. The average molecular weight is 458 g/mol. The molecule has 0 unspecified atom stereocenters. The first-order valence-electron chi connectivity index (χ1n) is 10.3. The molecule has 31 heavy (non-hydrogen) atoms. The highest BCUT2D eigenvalue weighted by atomic mass is 32.2. The van der Waals surface area contributed by atoms with Crippen molar-refractivity contribution in [3.63, 3.8) is 0 Å². The summed E-state index contributed by atoms with van der Waals surface area (Å²) in [4.78, 5) is 19.3. The van der Waals surface area contributed by atoms with E-state index >= 15 is 0 Å². The minimum Gasteiger partial charge on any atom is -0.325 e. The number of nitrogens with one attached hydrogen (secondary N) is 1. The molecule has 2 atom stereocenters. The molecule has 2 aliphatic rings. The molecule has 1 saturated heterocycles. The van der Waals surface area contributed by atoms with E-state index in [-0.39, 0.29) is 35.2 Å². The van der Waals surface area contributed by atoms with Crippen LogP contribution >= 0.6 is 11.8 Å². The second-order valence-corrected chi connectivity index (χ2v) is 11.5. The van der Waals surface area contributed by atoms with Crippen molar-refractivity contribution in [2.75, 3.05) is 27.5 Å². The Morgan fingerprint density at radius 3 is 2.55 bits per heavy atom. The van der Waals surface area contributed by atoms with Gasteiger partial charge in [0.1, 0.15) is 0 Å². The SMILES string of the molecule is Cc1ccc(NC(=O)CSC2=N[C@H]3CS(=O)(=O)C[C@H]3N2c2ccc(C)c(C)c2)c(C)c1. The van der Waals surface area contributed by atoms with Crippen LogP contribution in [0.4, 0.5) is 11.4 Å². The van der Waals surface area contributed by atoms with E-state index in [4.69, 9.17) is 4.99 Å². The predicted molar refractivity (Wildman–Crippen MR) is 129 cm³/mol. The van der Waals surface area contributed by atoms with E-state index in [0.717, 1.165) is 28.1 Å². The summed E-state index contributed by atoms with van der Waals surface area (Å²) in [5.41, 5.74) is 6.22. The zero-order chi connectivity index (χ0) is 22.3. The predicted octanol–water partition coefficient (Wildman–Crippen LogP) is 3.63. The van der Waals surface area contributed by atoms with Crippen molar-refractivity contribution >= 4 is 44.0 Å². The van der Waals surface area contributed by atoms with Gasteiger partial charge in [0.05, 0.1) is 29.3 Å². The van der Waals surface area contributed by atoms with E-state index in [2.05, 4.69) is 11.4 Å². The number of nitrogens with zero attached hydrogens (tertiary/aromatic N) is 2. The number of amides is 1. The molecule has 1 amide bonds. The molecule has 0 saturated carbocycles. The molecule has 2 aliphatic heterocycles. The highest BCUT2D eigenvalue weighted by molar-refractivity contribution is 8.14. The minimum absolute atomic E-state index is 0.0673. The molecule has 0 aromatic heterocycles. The van der Waals surface area contributed by atoms with Gasteiger partial charge in [-0.3, -0.25) is 9.79 Å². The van der Waals surface area contributed by atoms with Crippen molar-refractivity contribution < 1.29 is 13.2 Å². The number of thioether (sulfide) groups is 1. The van der Waals surface area contributed by atoms with Gasteiger partial charge in [0.25, 0.3) is 0 Å². The number of anilines is 2. The summed E-state index contributed by atoms with van der Waals surface area (Å²) in [5.74, 6) is 0.258. The van der Waals surface area contributed by atoms with Crippen LogP contribution in [0, 0.1) is 27.7 Å². The molecule has 2 aromatic rings. The molecule has 0 spiro atoms. The van der Waals surface area contributed by atoms with E-state index < -0.39 is 9.84 Å². The number of rotatable bonds is 4. The number of sulfone groups is 1. The van der Waals surface area contributed by atoms with E-state index in [0.29, 0.717) is 5.17 Å². The third kappa shape index (κ3) is 4.65. The van der Waals surface area contributed by atoms with E-state index in [1.54, 1.807) is 0 Å². The topological polar surface area (TPSA) is 78.8 Å². The Morgan fingerprint density at radius 2 is 1.84 bits per heavy atom. The second-order valence-electron chi connectivity index (χ2n) is 8.42. The Morgan fingerprint density at radius 1 is 1.06 bits per heavy atom. The van der Waals surface area contributed by atoms with Crippen LogP contribution in [0.15, 0.2) is 41.4 Å².